The second kappa shape index (κ2) is 5.61. The largest absolute Gasteiger partial charge is 0.464 e. The van der Waals surface area contributed by atoms with Crippen LogP contribution in [-0.4, -0.2) is 38.4 Å². The normalized spacial score (nSPS) is 17.1. The van der Waals surface area contributed by atoms with Crippen LogP contribution in [0, 0.1) is 0 Å². The molecule has 6 heteroatoms. The SMILES string of the molecule is O=C(CS(=O)(=O)C1CCOCC1)c1coc2ccccc12. The summed E-state index contributed by atoms with van der Waals surface area (Å²) in [6, 6.07) is 7.10. The number of rotatable bonds is 4. The molecule has 1 aromatic heterocycles. The molecule has 0 bridgehead atoms. The molecule has 2 heterocycles. The molecule has 2 aromatic rings. The lowest BCUT2D eigenvalue weighted by atomic mass is 10.1. The van der Waals surface area contributed by atoms with Crippen LogP contribution < -0.4 is 0 Å². The molecule has 0 amide bonds. The maximum absolute atomic E-state index is 12.3. The Hall–Kier alpha value is -1.66. The molecule has 0 atom stereocenters. The number of carbonyl (C=O) groups is 1. The Kier molecular flexibility index (Phi) is 3.82. The van der Waals surface area contributed by atoms with E-state index in [0.29, 0.717) is 42.6 Å². The number of fused-ring (bicyclic) bond motifs is 1. The Morgan fingerprint density at radius 2 is 1.90 bits per heavy atom. The number of carbonyl (C=O) groups excluding carboxylic acids is 1. The zero-order chi connectivity index (χ0) is 14.9. The Balaban J connectivity index is 1.82. The minimum Gasteiger partial charge on any atom is -0.464 e. The van der Waals surface area contributed by atoms with Crippen LogP contribution >= 0.6 is 0 Å². The summed E-state index contributed by atoms with van der Waals surface area (Å²) in [6.45, 7) is 0.874. The first-order valence-corrected chi connectivity index (χ1v) is 8.58. The number of hydrogen-bond acceptors (Lipinski definition) is 5. The van der Waals surface area contributed by atoms with Gasteiger partial charge in [-0.3, -0.25) is 4.79 Å². The molecule has 1 aliphatic rings. The lowest BCUT2D eigenvalue weighted by molar-refractivity contribution is 0.0971. The van der Waals surface area contributed by atoms with Gasteiger partial charge in [0.1, 0.15) is 17.6 Å². The lowest BCUT2D eigenvalue weighted by Gasteiger charge is -2.21. The molecule has 0 N–H and O–H groups in total. The molecular formula is C15H16O5S. The van der Waals surface area contributed by atoms with Gasteiger partial charge in [0.05, 0.1) is 10.8 Å². The van der Waals surface area contributed by atoms with Crippen molar-refractivity contribution in [2.75, 3.05) is 19.0 Å². The molecule has 0 radical (unpaired) electrons. The molecule has 1 aromatic carbocycles. The van der Waals surface area contributed by atoms with E-state index in [2.05, 4.69) is 0 Å². The van der Waals surface area contributed by atoms with Gasteiger partial charge in [0.15, 0.2) is 15.6 Å². The minimum atomic E-state index is -3.45. The van der Waals surface area contributed by atoms with E-state index in [-0.39, 0.29) is 0 Å². The van der Waals surface area contributed by atoms with Crippen molar-refractivity contribution in [1.82, 2.24) is 0 Å². The predicted molar refractivity (Wildman–Crippen MR) is 78.2 cm³/mol. The van der Waals surface area contributed by atoms with Crippen molar-refractivity contribution in [2.45, 2.75) is 18.1 Å². The van der Waals surface area contributed by atoms with E-state index in [0.717, 1.165) is 0 Å². The number of Topliss-reactive ketones (excluding diaryl/α,β-unsaturated/α-hetero) is 1. The Bertz CT molecular complexity index is 753. The summed E-state index contributed by atoms with van der Waals surface area (Å²) in [4.78, 5) is 12.3. The molecule has 3 rings (SSSR count). The van der Waals surface area contributed by atoms with Crippen molar-refractivity contribution in [1.29, 1.82) is 0 Å². The fourth-order valence-electron chi connectivity index (χ4n) is 2.61. The molecule has 0 spiro atoms. The van der Waals surface area contributed by atoms with E-state index >= 15 is 0 Å². The number of furan rings is 1. The van der Waals surface area contributed by atoms with Crippen LogP contribution in [0.3, 0.4) is 0 Å². The maximum Gasteiger partial charge on any atom is 0.181 e. The topological polar surface area (TPSA) is 73.6 Å². The average Bonchev–Trinajstić information content (AvgIpc) is 2.92. The summed E-state index contributed by atoms with van der Waals surface area (Å²) in [5, 5.41) is 0.179. The second-order valence-electron chi connectivity index (χ2n) is 5.19. The van der Waals surface area contributed by atoms with Crippen molar-refractivity contribution >= 4 is 26.6 Å². The quantitative estimate of drug-likeness (QED) is 0.810. The first kappa shape index (κ1) is 14.3. The summed E-state index contributed by atoms with van der Waals surface area (Å²) in [5.74, 6) is -0.882. The number of para-hydroxylation sites is 1. The van der Waals surface area contributed by atoms with Gasteiger partial charge < -0.3 is 9.15 Å². The van der Waals surface area contributed by atoms with E-state index in [4.69, 9.17) is 9.15 Å². The third-order valence-corrected chi connectivity index (χ3v) is 5.94. The van der Waals surface area contributed by atoms with Crippen molar-refractivity contribution in [3.05, 3.63) is 36.1 Å². The maximum atomic E-state index is 12.3. The fourth-order valence-corrected chi connectivity index (χ4v) is 4.27. The Labute approximate surface area is 122 Å². The van der Waals surface area contributed by atoms with Gasteiger partial charge in [0.2, 0.25) is 0 Å². The van der Waals surface area contributed by atoms with Crippen LogP contribution in [0.1, 0.15) is 23.2 Å². The van der Waals surface area contributed by atoms with Crippen molar-refractivity contribution < 1.29 is 22.4 Å². The van der Waals surface area contributed by atoms with E-state index < -0.39 is 26.6 Å². The van der Waals surface area contributed by atoms with Crippen molar-refractivity contribution in [2.24, 2.45) is 0 Å². The second-order valence-corrected chi connectivity index (χ2v) is 7.47. The third kappa shape index (κ3) is 2.87. The van der Waals surface area contributed by atoms with Gasteiger partial charge in [-0.15, -0.1) is 0 Å². The molecule has 0 aliphatic carbocycles. The first-order valence-electron chi connectivity index (χ1n) is 6.87. The van der Waals surface area contributed by atoms with Crippen molar-refractivity contribution in [3.63, 3.8) is 0 Å². The first-order chi connectivity index (χ1) is 10.1. The molecule has 1 aliphatic heterocycles. The van der Waals surface area contributed by atoms with Crippen molar-refractivity contribution in [3.8, 4) is 0 Å². The summed E-state index contributed by atoms with van der Waals surface area (Å²) in [5.41, 5.74) is 0.922. The standard InChI is InChI=1S/C15H16O5S/c16-14(10-21(17,18)11-5-7-19-8-6-11)13-9-20-15-4-2-1-3-12(13)15/h1-4,9,11H,5-8,10H2. The van der Waals surface area contributed by atoms with Gasteiger partial charge >= 0.3 is 0 Å². The van der Waals surface area contributed by atoms with Crippen LogP contribution in [0.4, 0.5) is 0 Å². The molecule has 21 heavy (non-hydrogen) atoms. The highest BCUT2D eigenvalue weighted by Crippen LogP contribution is 2.23. The number of sulfone groups is 1. The van der Waals surface area contributed by atoms with Crippen LogP contribution in [0.15, 0.2) is 34.9 Å². The zero-order valence-electron chi connectivity index (χ0n) is 11.4. The van der Waals surface area contributed by atoms with Crippen LogP contribution in [-0.2, 0) is 14.6 Å². The molecule has 0 saturated carbocycles. The van der Waals surface area contributed by atoms with E-state index in [1.807, 2.05) is 0 Å². The van der Waals surface area contributed by atoms with E-state index in [1.54, 1.807) is 24.3 Å². The van der Waals surface area contributed by atoms with E-state index in [1.165, 1.54) is 6.26 Å². The summed E-state index contributed by atoms with van der Waals surface area (Å²) in [6.07, 6.45) is 2.26. The summed E-state index contributed by atoms with van der Waals surface area (Å²) >= 11 is 0. The molecule has 1 fully saturated rings. The monoisotopic (exact) mass is 308 g/mol. The van der Waals surface area contributed by atoms with E-state index in [9.17, 15) is 13.2 Å². The smallest absolute Gasteiger partial charge is 0.181 e. The molecule has 0 unspecified atom stereocenters. The van der Waals surface area contributed by atoms with Gasteiger partial charge in [0, 0.05) is 18.6 Å². The number of benzene rings is 1. The van der Waals surface area contributed by atoms with Gasteiger partial charge in [-0.1, -0.05) is 18.2 Å². The fraction of sp³-hybridized carbons (Fsp3) is 0.400. The van der Waals surface area contributed by atoms with Crippen LogP contribution in [0.25, 0.3) is 11.0 Å². The van der Waals surface area contributed by atoms with Crippen LogP contribution in [0.2, 0.25) is 0 Å². The van der Waals surface area contributed by atoms with Crippen LogP contribution in [0.5, 0.6) is 0 Å². The number of ketones is 1. The summed E-state index contributed by atoms with van der Waals surface area (Å²) < 4.78 is 35.1. The minimum absolute atomic E-state index is 0.334. The lowest BCUT2D eigenvalue weighted by Crippen LogP contribution is -2.33. The van der Waals surface area contributed by atoms with Gasteiger partial charge in [-0.25, -0.2) is 8.42 Å². The molecule has 1 saturated heterocycles. The number of ether oxygens (including phenoxy) is 1. The highest BCUT2D eigenvalue weighted by atomic mass is 32.2. The van der Waals surface area contributed by atoms with Gasteiger partial charge in [0.25, 0.3) is 0 Å². The molecule has 112 valence electrons. The summed E-state index contributed by atoms with van der Waals surface area (Å²) in [7, 11) is -3.45. The van der Waals surface area contributed by atoms with Gasteiger partial charge in [-0.05, 0) is 18.9 Å². The Morgan fingerprint density at radius 1 is 1.19 bits per heavy atom. The Morgan fingerprint density at radius 3 is 2.67 bits per heavy atom. The third-order valence-electron chi connectivity index (χ3n) is 3.79. The van der Waals surface area contributed by atoms with Gasteiger partial charge in [-0.2, -0.15) is 0 Å². The zero-order valence-corrected chi connectivity index (χ0v) is 12.3. The number of hydrogen-bond donors (Lipinski definition) is 0. The molecular weight excluding hydrogens is 292 g/mol. The highest BCUT2D eigenvalue weighted by molar-refractivity contribution is 7.92. The predicted octanol–water partition coefficient (Wildman–Crippen LogP) is 2.21. The highest BCUT2D eigenvalue weighted by Gasteiger charge is 2.30. The average molecular weight is 308 g/mol. The molecule has 5 nitrogen and oxygen atoms in total.